The number of amides is 1. The smallest absolute Gasteiger partial charge is 0.262 e. The lowest BCUT2D eigenvalue weighted by Crippen LogP contribution is -2.22. The maximum absolute atomic E-state index is 12.6. The van der Waals surface area contributed by atoms with E-state index in [0.717, 1.165) is 5.56 Å². The molecule has 128 valence electrons. The van der Waals surface area contributed by atoms with E-state index in [1.165, 1.54) is 24.1 Å². The number of nitrogens with zero attached hydrogens (tertiary/aromatic N) is 1. The molecule has 2 aromatic rings. The Kier molecular flexibility index (Phi) is 5.14. The molecule has 0 aromatic heterocycles. The molecule has 0 bridgehead atoms. The molecule has 0 fully saturated rings. The molecular weight excluding hydrogens is 328 g/mol. The fraction of sp³-hybridized carbons (Fsp3) is 0.235. The van der Waals surface area contributed by atoms with Gasteiger partial charge in [0, 0.05) is 19.7 Å². The van der Waals surface area contributed by atoms with Crippen LogP contribution in [0.1, 0.15) is 15.9 Å². The van der Waals surface area contributed by atoms with E-state index in [9.17, 15) is 13.2 Å². The highest BCUT2D eigenvalue weighted by atomic mass is 32.2. The van der Waals surface area contributed by atoms with Gasteiger partial charge in [-0.2, -0.15) is 0 Å². The number of rotatable bonds is 5. The minimum Gasteiger partial charge on any atom is -0.495 e. The summed E-state index contributed by atoms with van der Waals surface area (Å²) < 4.78 is 33.0. The zero-order valence-electron chi connectivity index (χ0n) is 14.0. The van der Waals surface area contributed by atoms with Gasteiger partial charge in [-0.15, -0.1) is 0 Å². The van der Waals surface area contributed by atoms with Crippen LogP contribution in [-0.4, -0.2) is 40.4 Å². The first kappa shape index (κ1) is 17.8. The van der Waals surface area contributed by atoms with Crippen molar-refractivity contribution < 1.29 is 17.9 Å². The fourth-order valence-corrected chi connectivity index (χ4v) is 3.27. The molecule has 6 nitrogen and oxygen atoms in total. The van der Waals surface area contributed by atoms with Crippen molar-refractivity contribution in [3.63, 3.8) is 0 Å². The third kappa shape index (κ3) is 3.86. The van der Waals surface area contributed by atoms with Gasteiger partial charge in [0.2, 0.25) is 0 Å². The number of hydrogen-bond donors (Lipinski definition) is 1. The Labute approximate surface area is 142 Å². The highest BCUT2D eigenvalue weighted by Crippen LogP contribution is 2.28. The van der Waals surface area contributed by atoms with Gasteiger partial charge < -0.3 is 9.64 Å². The molecule has 7 heteroatoms. The second-order valence-electron chi connectivity index (χ2n) is 5.54. The Hall–Kier alpha value is -2.54. The van der Waals surface area contributed by atoms with E-state index in [0.29, 0.717) is 17.0 Å². The lowest BCUT2D eigenvalue weighted by Gasteiger charge is -2.14. The molecule has 2 rings (SSSR count). The lowest BCUT2D eigenvalue weighted by molar-refractivity contribution is 0.0827. The molecule has 0 aliphatic heterocycles. The predicted octanol–water partition coefficient (Wildman–Crippen LogP) is 2.51. The molecule has 0 aliphatic rings. The highest BCUT2D eigenvalue weighted by molar-refractivity contribution is 7.92. The molecule has 0 saturated carbocycles. The quantitative estimate of drug-likeness (QED) is 0.901. The van der Waals surface area contributed by atoms with Gasteiger partial charge >= 0.3 is 0 Å². The number of hydrogen-bond acceptors (Lipinski definition) is 4. The maximum Gasteiger partial charge on any atom is 0.262 e. The van der Waals surface area contributed by atoms with E-state index in [1.807, 2.05) is 13.0 Å². The standard InChI is InChI=1S/C17H20N2O4S/c1-12-8-9-16(23-4)15(10-12)18-24(21,22)14-7-5-6-13(11-14)17(20)19(2)3/h5-11,18H,1-4H3. The summed E-state index contributed by atoms with van der Waals surface area (Å²) in [6.07, 6.45) is 0. The van der Waals surface area contributed by atoms with Crippen LogP contribution in [0.3, 0.4) is 0 Å². The largest absolute Gasteiger partial charge is 0.495 e. The minimum absolute atomic E-state index is 0.0127. The molecule has 1 N–H and O–H groups in total. The number of benzene rings is 2. The van der Waals surface area contributed by atoms with Gasteiger partial charge in [0.1, 0.15) is 5.75 Å². The lowest BCUT2D eigenvalue weighted by atomic mass is 10.2. The second-order valence-corrected chi connectivity index (χ2v) is 7.22. The summed E-state index contributed by atoms with van der Waals surface area (Å²) in [7, 11) is 0.847. The van der Waals surface area contributed by atoms with Gasteiger partial charge in [0.25, 0.3) is 15.9 Å². The van der Waals surface area contributed by atoms with E-state index < -0.39 is 10.0 Å². The fourth-order valence-electron chi connectivity index (χ4n) is 2.16. The number of ether oxygens (including phenoxy) is 1. The van der Waals surface area contributed by atoms with E-state index in [1.54, 1.807) is 38.4 Å². The Bertz CT molecular complexity index is 861. The van der Waals surface area contributed by atoms with Crippen LogP contribution in [0.2, 0.25) is 0 Å². The Morgan fingerprint density at radius 1 is 1.12 bits per heavy atom. The van der Waals surface area contributed by atoms with Crippen LogP contribution >= 0.6 is 0 Å². The molecule has 1 amide bonds. The molecule has 24 heavy (non-hydrogen) atoms. The highest BCUT2D eigenvalue weighted by Gasteiger charge is 2.19. The Balaban J connectivity index is 2.40. The van der Waals surface area contributed by atoms with Crippen LogP contribution in [0, 0.1) is 6.92 Å². The number of nitrogens with one attached hydrogen (secondary N) is 1. The van der Waals surface area contributed by atoms with E-state index in [2.05, 4.69) is 4.72 Å². The molecule has 0 atom stereocenters. The van der Waals surface area contributed by atoms with Gasteiger partial charge in [0.15, 0.2) is 0 Å². The molecule has 0 saturated heterocycles. The number of anilines is 1. The number of methoxy groups -OCH3 is 1. The summed E-state index contributed by atoms with van der Waals surface area (Å²) >= 11 is 0. The molecule has 0 spiro atoms. The zero-order valence-corrected chi connectivity index (χ0v) is 14.8. The van der Waals surface area contributed by atoms with E-state index in [-0.39, 0.29) is 10.8 Å². The van der Waals surface area contributed by atoms with E-state index in [4.69, 9.17) is 4.74 Å². The average Bonchev–Trinajstić information content (AvgIpc) is 2.54. The van der Waals surface area contributed by atoms with Crippen molar-refractivity contribution >= 4 is 21.6 Å². The third-order valence-corrected chi connectivity index (χ3v) is 4.76. The van der Waals surface area contributed by atoms with Crippen LogP contribution in [0.4, 0.5) is 5.69 Å². The molecule has 0 heterocycles. The normalized spacial score (nSPS) is 11.0. The van der Waals surface area contributed by atoms with Crippen molar-refractivity contribution in [2.24, 2.45) is 0 Å². The average molecular weight is 348 g/mol. The summed E-state index contributed by atoms with van der Waals surface area (Å²) in [5.41, 5.74) is 1.55. The van der Waals surface area contributed by atoms with Gasteiger partial charge in [0.05, 0.1) is 17.7 Å². The summed E-state index contributed by atoms with van der Waals surface area (Å²) in [6, 6.07) is 11.1. The number of carbonyl (C=O) groups excluding carboxylic acids is 1. The second kappa shape index (κ2) is 6.92. The first-order valence-electron chi connectivity index (χ1n) is 7.24. The van der Waals surface area contributed by atoms with Gasteiger partial charge in [-0.1, -0.05) is 12.1 Å². The first-order valence-corrected chi connectivity index (χ1v) is 8.72. The van der Waals surface area contributed by atoms with E-state index >= 15 is 0 Å². The maximum atomic E-state index is 12.6. The van der Waals surface area contributed by atoms with Crippen LogP contribution in [-0.2, 0) is 10.0 Å². The number of sulfonamides is 1. The van der Waals surface area contributed by atoms with Crippen LogP contribution in [0.5, 0.6) is 5.75 Å². The summed E-state index contributed by atoms with van der Waals surface area (Å²) in [5.74, 6) is 0.157. The van der Waals surface area contributed by atoms with Crippen molar-refractivity contribution in [2.45, 2.75) is 11.8 Å². The van der Waals surface area contributed by atoms with Crippen LogP contribution < -0.4 is 9.46 Å². The molecular formula is C17H20N2O4S. The number of aryl methyl sites for hydroxylation is 1. The monoisotopic (exact) mass is 348 g/mol. The molecule has 0 radical (unpaired) electrons. The van der Waals surface area contributed by atoms with Crippen molar-refractivity contribution in [1.29, 1.82) is 0 Å². The number of carbonyl (C=O) groups is 1. The minimum atomic E-state index is -3.85. The van der Waals surface area contributed by atoms with Crippen molar-refractivity contribution in [1.82, 2.24) is 4.90 Å². The molecule has 2 aromatic carbocycles. The summed E-state index contributed by atoms with van der Waals surface area (Å²) in [5, 5.41) is 0. The van der Waals surface area contributed by atoms with Gasteiger partial charge in [-0.05, 0) is 42.8 Å². The third-order valence-electron chi connectivity index (χ3n) is 3.40. The van der Waals surface area contributed by atoms with Gasteiger partial charge in [-0.25, -0.2) is 8.42 Å². The van der Waals surface area contributed by atoms with Crippen molar-refractivity contribution in [3.05, 3.63) is 53.6 Å². The predicted molar refractivity (Wildman–Crippen MR) is 93.0 cm³/mol. The molecule has 0 aliphatic carbocycles. The van der Waals surface area contributed by atoms with Gasteiger partial charge in [-0.3, -0.25) is 9.52 Å². The summed E-state index contributed by atoms with van der Waals surface area (Å²) in [4.78, 5) is 13.4. The Morgan fingerprint density at radius 3 is 2.46 bits per heavy atom. The summed E-state index contributed by atoms with van der Waals surface area (Å²) in [6.45, 7) is 1.85. The zero-order chi connectivity index (χ0) is 17.9. The molecule has 0 unspecified atom stereocenters. The SMILES string of the molecule is COc1ccc(C)cc1NS(=O)(=O)c1cccc(C(=O)N(C)C)c1. The topological polar surface area (TPSA) is 75.7 Å². The van der Waals surface area contributed by atoms with Crippen molar-refractivity contribution in [2.75, 3.05) is 25.9 Å². The first-order chi connectivity index (χ1) is 11.2. The van der Waals surface area contributed by atoms with Crippen LogP contribution in [0.25, 0.3) is 0 Å². The Morgan fingerprint density at radius 2 is 1.83 bits per heavy atom. The van der Waals surface area contributed by atoms with Crippen LogP contribution in [0.15, 0.2) is 47.4 Å². The van der Waals surface area contributed by atoms with Crippen molar-refractivity contribution in [3.8, 4) is 5.75 Å².